The Kier molecular flexibility index (Phi) is 3.09. The molecule has 1 N–H and O–H groups in total. The van der Waals surface area contributed by atoms with Crippen LogP contribution in [-0.2, 0) is 19.0 Å². The maximum Gasteiger partial charge on any atom is 0.176 e. The lowest BCUT2D eigenvalue weighted by molar-refractivity contribution is -0.280. The van der Waals surface area contributed by atoms with E-state index < -0.39 is 23.2 Å². The van der Waals surface area contributed by atoms with Gasteiger partial charge < -0.3 is 24.2 Å². The first-order valence-corrected chi connectivity index (χ1v) is 9.10. The van der Waals surface area contributed by atoms with Gasteiger partial charge in [0.25, 0.3) is 0 Å². The average Bonchev–Trinajstić information content (AvgIpc) is 2.96. The number of methoxy groups -OCH3 is 2. The lowest BCUT2D eigenvalue weighted by Gasteiger charge is -2.66. The second-order valence-electron chi connectivity index (χ2n) is 8.17. The summed E-state index contributed by atoms with van der Waals surface area (Å²) in [6, 6.07) is -0.0419. The molecule has 2 unspecified atom stereocenters. The predicted molar refractivity (Wildman–Crippen MR) is 88.5 cm³/mol. The summed E-state index contributed by atoms with van der Waals surface area (Å²) >= 11 is 0. The van der Waals surface area contributed by atoms with E-state index in [1.165, 1.54) is 0 Å². The highest BCUT2D eigenvalue weighted by Gasteiger charge is 2.79. The molecule has 7 atom stereocenters. The normalized spacial score (nSPS) is 50.6. The van der Waals surface area contributed by atoms with Crippen LogP contribution in [0.5, 0.6) is 0 Å². The van der Waals surface area contributed by atoms with Crippen molar-refractivity contribution in [1.82, 2.24) is 4.90 Å². The number of likely N-dealkylation sites (tertiary alicyclic amines) is 1. The summed E-state index contributed by atoms with van der Waals surface area (Å²) in [4.78, 5) is 15.2. The molecule has 0 radical (unpaired) electrons. The number of hydrogen-bond acceptors (Lipinski definition) is 6. The SMILES string of the molecule is COC1=C2O[C@H]3C(=O)C[C@@H](OC)[C@@]4(O)[C@H]5CC(C=C1)C2[C@@]34CCN5C. The van der Waals surface area contributed by atoms with Gasteiger partial charge in [-0.15, -0.1) is 0 Å². The third-order valence-electron chi connectivity index (χ3n) is 7.55. The highest BCUT2D eigenvalue weighted by atomic mass is 16.5. The fourth-order valence-corrected chi connectivity index (χ4v) is 6.58. The van der Waals surface area contributed by atoms with Gasteiger partial charge in [-0.2, -0.15) is 0 Å². The number of carbonyl (C=O) groups is 1. The van der Waals surface area contributed by atoms with E-state index in [-0.39, 0.29) is 30.1 Å². The van der Waals surface area contributed by atoms with Gasteiger partial charge in [-0.25, -0.2) is 0 Å². The zero-order chi connectivity index (χ0) is 17.6. The number of Topliss-reactive ketones (excluding diaryl/α,β-unsaturated/α-hetero) is 1. The molecule has 0 amide bonds. The van der Waals surface area contributed by atoms with Crippen LogP contribution in [0.25, 0.3) is 0 Å². The second kappa shape index (κ2) is 4.87. The number of likely N-dealkylation sites (N-methyl/N-ethyl adjacent to an activating group) is 1. The molecule has 25 heavy (non-hydrogen) atoms. The Morgan fingerprint density at radius 2 is 2.20 bits per heavy atom. The number of allylic oxidation sites excluding steroid dienone is 3. The van der Waals surface area contributed by atoms with E-state index in [4.69, 9.17) is 14.2 Å². The number of ketones is 1. The Labute approximate surface area is 147 Å². The predicted octanol–water partition coefficient (Wildman–Crippen LogP) is 0.858. The number of piperidine rings is 1. The fourth-order valence-electron chi connectivity index (χ4n) is 6.58. The van der Waals surface area contributed by atoms with Gasteiger partial charge in [0.15, 0.2) is 17.6 Å². The topological polar surface area (TPSA) is 68.2 Å². The van der Waals surface area contributed by atoms with Crippen molar-refractivity contribution in [3.05, 3.63) is 23.7 Å². The van der Waals surface area contributed by atoms with Crippen molar-refractivity contribution in [2.45, 2.75) is 43.1 Å². The summed E-state index contributed by atoms with van der Waals surface area (Å²) in [6.45, 7) is 0.846. The largest absolute Gasteiger partial charge is 0.493 e. The van der Waals surface area contributed by atoms with E-state index in [9.17, 15) is 9.90 Å². The molecule has 4 fully saturated rings. The minimum Gasteiger partial charge on any atom is -0.493 e. The Morgan fingerprint density at radius 3 is 2.92 bits per heavy atom. The third kappa shape index (κ3) is 1.56. The number of carbonyl (C=O) groups excluding carboxylic acids is 1. The Morgan fingerprint density at radius 1 is 1.40 bits per heavy atom. The van der Waals surface area contributed by atoms with Gasteiger partial charge in [0.1, 0.15) is 11.4 Å². The average molecular weight is 347 g/mol. The third-order valence-corrected chi connectivity index (χ3v) is 7.55. The molecule has 2 aliphatic heterocycles. The Hall–Kier alpha value is -1.37. The van der Waals surface area contributed by atoms with Gasteiger partial charge in [0, 0.05) is 25.5 Å². The molecule has 0 aromatic rings. The van der Waals surface area contributed by atoms with Crippen molar-refractivity contribution in [2.24, 2.45) is 17.3 Å². The monoisotopic (exact) mass is 347 g/mol. The zero-order valence-electron chi connectivity index (χ0n) is 14.9. The summed E-state index contributed by atoms with van der Waals surface area (Å²) in [5, 5.41) is 12.1. The molecule has 136 valence electrons. The van der Waals surface area contributed by atoms with Crippen LogP contribution in [0, 0.1) is 17.3 Å². The van der Waals surface area contributed by atoms with Crippen LogP contribution in [0.3, 0.4) is 0 Å². The Balaban J connectivity index is 1.78. The molecule has 6 nitrogen and oxygen atoms in total. The van der Waals surface area contributed by atoms with Crippen molar-refractivity contribution in [1.29, 1.82) is 0 Å². The summed E-state index contributed by atoms with van der Waals surface area (Å²) in [7, 11) is 5.29. The molecular weight excluding hydrogens is 322 g/mol. The van der Waals surface area contributed by atoms with E-state index >= 15 is 0 Å². The summed E-state index contributed by atoms with van der Waals surface area (Å²) in [5.74, 6) is 1.71. The minimum atomic E-state index is -1.10. The van der Waals surface area contributed by atoms with Gasteiger partial charge in [-0.05, 0) is 38.4 Å². The molecule has 0 aromatic carbocycles. The van der Waals surface area contributed by atoms with Gasteiger partial charge in [-0.1, -0.05) is 6.08 Å². The first-order valence-electron chi connectivity index (χ1n) is 9.10. The highest BCUT2D eigenvalue weighted by Crippen LogP contribution is 2.69. The van der Waals surface area contributed by atoms with Crippen molar-refractivity contribution in [2.75, 3.05) is 27.8 Å². The molecule has 6 heteroatoms. The van der Waals surface area contributed by atoms with E-state index in [1.807, 2.05) is 6.08 Å². The minimum absolute atomic E-state index is 0.0192. The molecule has 1 spiro atoms. The number of aliphatic hydroxyl groups is 1. The number of rotatable bonds is 2. The molecule has 2 heterocycles. The lowest BCUT2D eigenvalue weighted by Crippen LogP contribution is -2.80. The molecule has 5 rings (SSSR count). The number of nitrogens with zero attached hydrogens (tertiary/aromatic N) is 1. The van der Waals surface area contributed by atoms with Gasteiger partial charge >= 0.3 is 0 Å². The first-order chi connectivity index (χ1) is 12.0. The maximum absolute atomic E-state index is 13.0. The van der Waals surface area contributed by atoms with Crippen LogP contribution >= 0.6 is 0 Å². The van der Waals surface area contributed by atoms with Crippen LogP contribution in [0.15, 0.2) is 23.7 Å². The van der Waals surface area contributed by atoms with Gasteiger partial charge in [0.05, 0.1) is 18.6 Å². The lowest BCUT2D eigenvalue weighted by atomic mass is 9.43. The van der Waals surface area contributed by atoms with Crippen LogP contribution < -0.4 is 0 Å². The van der Waals surface area contributed by atoms with Gasteiger partial charge in [-0.3, -0.25) is 4.79 Å². The van der Waals surface area contributed by atoms with Crippen molar-refractivity contribution in [3.63, 3.8) is 0 Å². The van der Waals surface area contributed by atoms with E-state index in [0.717, 1.165) is 25.1 Å². The standard InChI is InChI=1S/C19H25NO5/c1-20-7-6-18-15-10-4-5-12(23-2)16(15)25-17(18)11(21)9-14(24-3)19(18,22)13(20)8-10/h4-5,10,13-15,17,22H,6-9H2,1-3H3/t10?,13-,14-,15?,17+,18+,19+/m1/s1. The van der Waals surface area contributed by atoms with E-state index in [0.29, 0.717) is 5.76 Å². The first kappa shape index (κ1) is 15.9. The summed E-state index contributed by atoms with van der Waals surface area (Å²) < 4.78 is 17.5. The Bertz CT molecular complexity index is 702. The number of hydrogen-bond donors (Lipinski definition) is 1. The fraction of sp³-hybridized carbons (Fsp3) is 0.737. The van der Waals surface area contributed by atoms with Crippen molar-refractivity contribution < 1.29 is 24.1 Å². The molecule has 3 aliphatic carbocycles. The van der Waals surface area contributed by atoms with Gasteiger partial charge in [0.2, 0.25) is 0 Å². The smallest absolute Gasteiger partial charge is 0.176 e. The van der Waals surface area contributed by atoms with Crippen LogP contribution in [0.2, 0.25) is 0 Å². The molecule has 2 saturated carbocycles. The highest BCUT2D eigenvalue weighted by molar-refractivity contribution is 5.87. The summed E-state index contributed by atoms with van der Waals surface area (Å²) in [5.41, 5.74) is -1.73. The van der Waals surface area contributed by atoms with E-state index in [2.05, 4.69) is 18.0 Å². The summed E-state index contributed by atoms with van der Waals surface area (Å²) in [6.07, 6.45) is 4.79. The van der Waals surface area contributed by atoms with Crippen molar-refractivity contribution >= 4 is 5.78 Å². The van der Waals surface area contributed by atoms with Crippen molar-refractivity contribution in [3.8, 4) is 0 Å². The van der Waals surface area contributed by atoms with Crippen LogP contribution in [0.1, 0.15) is 19.3 Å². The zero-order valence-corrected chi connectivity index (χ0v) is 14.9. The maximum atomic E-state index is 13.0. The molecule has 5 aliphatic rings. The molecule has 2 bridgehead atoms. The second-order valence-corrected chi connectivity index (χ2v) is 8.17. The molecular formula is C19H25NO5. The van der Waals surface area contributed by atoms with E-state index in [1.54, 1.807) is 14.2 Å². The molecule has 0 aromatic heterocycles. The van der Waals surface area contributed by atoms with Crippen LogP contribution in [0.4, 0.5) is 0 Å². The van der Waals surface area contributed by atoms with Crippen LogP contribution in [-0.4, -0.2) is 67.5 Å². The number of ether oxygens (including phenoxy) is 3. The quantitative estimate of drug-likeness (QED) is 0.799. The molecule has 2 saturated heterocycles.